The second-order valence-corrected chi connectivity index (χ2v) is 24.0. The van der Waals surface area contributed by atoms with Gasteiger partial charge in [-0.1, -0.05) is 117 Å². The third-order valence-electron chi connectivity index (χ3n) is 15.7. The summed E-state index contributed by atoms with van der Waals surface area (Å²) in [5.74, 6) is 0. The van der Waals surface area contributed by atoms with Crippen molar-refractivity contribution >= 4 is 127 Å². The quantitative estimate of drug-likeness (QED) is 0.161. The maximum absolute atomic E-state index is 6.58. The van der Waals surface area contributed by atoms with Gasteiger partial charge in [-0.25, -0.2) is 0 Å². The van der Waals surface area contributed by atoms with E-state index in [4.69, 9.17) is 23.3 Å². The van der Waals surface area contributed by atoms with Crippen molar-refractivity contribution in [2.45, 2.75) is 105 Å². The van der Waals surface area contributed by atoms with Crippen LogP contribution >= 0.6 is 22.7 Å². The fourth-order valence-electron chi connectivity index (χ4n) is 10.4. The number of fused-ring (bicyclic) bond motifs is 12. The summed E-state index contributed by atoms with van der Waals surface area (Å²) in [5, 5.41) is 10.3. The van der Waals surface area contributed by atoms with Gasteiger partial charge in [-0.2, -0.15) is 0 Å². The molecule has 2 aliphatic rings. The minimum Gasteiger partial charge on any atom is -0.399 e. The van der Waals surface area contributed by atoms with Crippen LogP contribution in [0.15, 0.2) is 176 Å². The first-order valence-corrected chi connectivity index (χ1v) is 27.3. The molecular formula is C64H66B2N2O5S2. The zero-order valence-corrected chi connectivity index (χ0v) is 45.4. The van der Waals surface area contributed by atoms with Gasteiger partial charge in [0.25, 0.3) is 0 Å². The lowest BCUT2D eigenvalue weighted by atomic mass is 9.78. The second-order valence-electron chi connectivity index (χ2n) is 21.8. The number of thiophene rings is 2. The summed E-state index contributed by atoms with van der Waals surface area (Å²) in [6.07, 6.45) is 0.120. The molecule has 0 aliphatic carbocycles. The fraction of sp³-hybridized carbons (Fsp3) is 0.250. The van der Waals surface area contributed by atoms with Gasteiger partial charge in [-0.3, -0.25) is 0 Å². The van der Waals surface area contributed by atoms with Gasteiger partial charge in [-0.05, 0) is 136 Å². The molecule has 0 atom stereocenters. The van der Waals surface area contributed by atoms with Crippen LogP contribution in [0.5, 0.6) is 0 Å². The molecule has 0 unspecified atom stereocenters. The molecule has 8 aromatic carbocycles. The Morgan fingerprint density at radius 1 is 0.413 bits per heavy atom. The van der Waals surface area contributed by atoms with Gasteiger partial charge in [0.05, 0.1) is 44.5 Å². The predicted molar refractivity (Wildman–Crippen MR) is 324 cm³/mol. The standard InChI is InChI=1S/C30H26BNO2S.C24H15NS.C9H19BO3.CH4.H2/c1-29(2)30(3,4)34-31(33-29)24-18-19(17-23-22-13-7-10-16-27(22)35-28(23)24)32-25-14-8-5-11-20(25)21-12-6-9-15-26(21)32;1-4-10-21-17(7-1)18-8-2-5-11-22(18)25(21)16-13-14-24-20(15-16)19-9-3-6-12-23(19)26-24;1-7(2)11-10-12-8(3,4)9(5,6)13-10;;/h5-18H,1-4H3;1-15H;7H,1-6H3;1H4;1H/i;;;;1+1. The summed E-state index contributed by atoms with van der Waals surface area (Å²) in [4.78, 5) is 0. The van der Waals surface area contributed by atoms with Gasteiger partial charge in [-0.15, -0.1) is 22.7 Å². The maximum Gasteiger partial charge on any atom is 0.640 e. The van der Waals surface area contributed by atoms with Crippen LogP contribution < -0.4 is 5.46 Å². The molecule has 7 nitrogen and oxygen atoms in total. The molecule has 75 heavy (non-hydrogen) atoms. The third-order valence-corrected chi connectivity index (χ3v) is 18.0. The van der Waals surface area contributed by atoms with Gasteiger partial charge in [0.15, 0.2) is 0 Å². The molecule has 0 spiro atoms. The Labute approximate surface area is 450 Å². The van der Waals surface area contributed by atoms with Crippen molar-refractivity contribution in [3.05, 3.63) is 176 Å². The zero-order valence-electron chi connectivity index (χ0n) is 43.7. The summed E-state index contributed by atoms with van der Waals surface area (Å²) in [6, 6.07) is 63.4. The lowest BCUT2D eigenvalue weighted by Crippen LogP contribution is -2.41. The predicted octanol–water partition coefficient (Wildman–Crippen LogP) is 17.5. The van der Waals surface area contributed by atoms with Gasteiger partial charge in [0, 0.05) is 86.3 Å². The first kappa shape index (κ1) is 50.9. The molecule has 0 bridgehead atoms. The number of aromatic nitrogens is 2. The molecular weight excluding hydrogens is 962 g/mol. The van der Waals surface area contributed by atoms with Gasteiger partial charge in [0.1, 0.15) is 0 Å². The van der Waals surface area contributed by atoms with Crippen LogP contribution in [0.3, 0.4) is 0 Å². The fourth-order valence-corrected chi connectivity index (χ4v) is 12.7. The SMILES string of the molecule is C.CC(C)OB1OC(C)(C)C(C)(C)O1.CC1(C)OB(c2cc(-n3c4ccccc4c4ccccc43)cc3c2sc2ccccc23)OC1(C)C.[2HH].c1ccc2c(c1)sc1ccc(-n3c4ccccc4c4ccccc43)cc12. The molecule has 12 aromatic rings. The number of para-hydroxylation sites is 4. The highest BCUT2D eigenvalue weighted by Gasteiger charge is 2.54. The van der Waals surface area contributed by atoms with Crippen LogP contribution in [-0.2, 0) is 23.3 Å². The average molecular weight is 1030 g/mol. The summed E-state index contributed by atoms with van der Waals surface area (Å²) in [5.41, 5.74) is 6.97. The van der Waals surface area contributed by atoms with E-state index in [0.717, 1.165) is 11.2 Å². The van der Waals surface area contributed by atoms with Crippen LogP contribution in [0.1, 0.15) is 78.1 Å². The van der Waals surface area contributed by atoms with Crippen LogP contribution in [0.25, 0.3) is 95.3 Å². The first-order chi connectivity index (χ1) is 35.5. The number of hydrogen-bond donors (Lipinski definition) is 0. The number of hydrogen-bond acceptors (Lipinski definition) is 7. The summed E-state index contributed by atoms with van der Waals surface area (Å²) in [6.45, 7) is 20.4. The van der Waals surface area contributed by atoms with E-state index >= 15 is 0 Å². The maximum atomic E-state index is 6.58. The molecule has 11 heteroatoms. The van der Waals surface area contributed by atoms with Crippen molar-refractivity contribution in [1.29, 1.82) is 0 Å². The van der Waals surface area contributed by atoms with E-state index in [1.54, 1.807) is 0 Å². The highest BCUT2D eigenvalue weighted by Crippen LogP contribution is 2.43. The molecule has 4 aromatic heterocycles. The van der Waals surface area contributed by atoms with E-state index in [-0.39, 0.29) is 26.2 Å². The Morgan fingerprint density at radius 2 is 0.787 bits per heavy atom. The molecule has 380 valence electrons. The summed E-state index contributed by atoms with van der Waals surface area (Å²) < 4.78 is 39.8. The second kappa shape index (κ2) is 19.1. The Hall–Kier alpha value is -6.27. The summed E-state index contributed by atoms with van der Waals surface area (Å²) >= 11 is 3.68. The van der Waals surface area contributed by atoms with E-state index < -0.39 is 25.6 Å². The topological polar surface area (TPSA) is 56.0 Å². The van der Waals surface area contributed by atoms with E-state index in [2.05, 4.69) is 213 Å². The van der Waals surface area contributed by atoms with Crippen molar-refractivity contribution in [2.24, 2.45) is 0 Å². The van der Waals surface area contributed by atoms with Crippen molar-refractivity contribution in [2.75, 3.05) is 0 Å². The molecule has 2 saturated heterocycles. The minimum absolute atomic E-state index is 0. The Morgan fingerprint density at radius 3 is 1.27 bits per heavy atom. The molecule has 0 N–H and O–H groups in total. The lowest BCUT2D eigenvalue weighted by molar-refractivity contribution is 0.00578. The lowest BCUT2D eigenvalue weighted by Gasteiger charge is -2.32. The van der Waals surface area contributed by atoms with Gasteiger partial charge >= 0.3 is 14.4 Å². The Kier molecular flexibility index (Phi) is 12.9. The Balaban J connectivity index is 0.000000141. The molecule has 2 aliphatic heterocycles. The molecule has 0 saturated carbocycles. The van der Waals surface area contributed by atoms with Gasteiger partial charge in [0.2, 0.25) is 0 Å². The highest BCUT2D eigenvalue weighted by atomic mass is 32.1. The van der Waals surface area contributed by atoms with E-state index in [1.165, 1.54) is 89.6 Å². The number of benzene rings is 8. The molecule has 2 fully saturated rings. The van der Waals surface area contributed by atoms with Crippen molar-refractivity contribution in [1.82, 2.24) is 9.13 Å². The van der Waals surface area contributed by atoms with Crippen molar-refractivity contribution in [3.8, 4) is 11.4 Å². The first-order valence-electron chi connectivity index (χ1n) is 25.7. The van der Waals surface area contributed by atoms with Crippen LogP contribution in [-0.4, -0.2) is 52.1 Å². The highest BCUT2D eigenvalue weighted by molar-refractivity contribution is 7.27. The normalized spacial score (nSPS) is 16.6. The minimum atomic E-state index is -0.523. The molecule has 0 radical (unpaired) electrons. The molecule has 0 amide bonds. The number of rotatable bonds is 5. The third kappa shape index (κ3) is 8.76. The molecule has 14 rings (SSSR count). The zero-order chi connectivity index (χ0) is 51.3. The van der Waals surface area contributed by atoms with E-state index in [9.17, 15) is 0 Å². The monoisotopic (exact) mass is 1030 g/mol. The number of nitrogens with zero attached hydrogens (tertiary/aromatic N) is 2. The summed E-state index contributed by atoms with van der Waals surface area (Å²) in [7, 11) is -0.950. The molecule has 6 heterocycles. The largest absolute Gasteiger partial charge is 0.640 e. The van der Waals surface area contributed by atoms with Crippen LogP contribution in [0.2, 0.25) is 0 Å². The van der Waals surface area contributed by atoms with Gasteiger partial charge < -0.3 is 32.4 Å². The average Bonchev–Trinajstić information content (AvgIpc) is 4.30. The van der Waals surface area contributed by atoms with Crippen molar-refractivity contribution < 1.29 is 24.7 Å². The smallest absolute Gasteiger partial charge is 0.399 e. The Bertz CT molecular complexity index is 3980. The van der Waals surface area contributed by atoms with E-state index in [1.807, 2.05) is 64.2 Å². The van der Waals surface area contributed by atoms with Crippen molar-refractivity contribution in [3.63, 3.8) is 0 Å². The van der Waals surface area contributed by atoms with Crippen LogP contribution in [0, 0.1) is 0 Å². The van der Waals surface area contributed by atoms with Crippen LogP contribution in [0.4, 0.5) is 0 Å². The van der Waals surface area contributed by atoms with E-state index in [0.29, 0.717) is 0 Å².